The lowest BCUT2D eigenvalue weighted by atomic mass is 10.4. The van der Waals surface area contributed by atoms with Gasteiger partial charge >= 0.3 is 6.01 Å². The highest BCUT2D eigenvalue weighted by Gasteiger charge is 2.11. The second-order valence-electron chi connectivity index (χ2n) is 3.15. The van der Waals surface area contributed by atoms with Crippen LogP contribution in [0.1, 0.15) is 17.4 Å². The minimum absolute atomic E-state index is 0.0592. The number of aromatic nitrogens is 5. The summed E-state index contributed by atoms with van der Waals surface area (Å²) < 4.78 is 5.02. The van der Waals surface area contributed by atoms with E-state index in [9.17, 15) is 9.59 Å². The molecule has 0 saturated carbocycles. The molecule has 0 atom stereocenters. The Bertz CT molecular complexity index is 584. The van der Waals surface area contributed by atoms with Crippen molar-refractivity contribution in [3.05, 3.63) is 28.4 Å². The molecule has 18 heavy (non-hydrogen) atoms. The van der Waals surface area contributed by atoms with Gasteiger partial charge in [-0.25, -0.2) is 10.1 Å². The van der Waals surface area contributed by atoms with E-state index in [1.54, 1.807) is 6.92 Å². The quantitative estimate of drug-likeness (QED) is 0.674. The van der Waals surface area contributed by atoms with Crippen molar-refractivity contribution in [2.75, 3.05) is 11.9 Å². The van der Waals surface area contributed by atoms with E-state index in [0.717, 1.165) is 6.20 Å². The van der Waals surface area contributed by atoms with Gasteiger partial charge in [0.15, 0.2) is 0 Å². The number of nitrogens with one attached hydrogen (secondary N) is 3. The summed E-state index contributed by atoms with van der Waals surface area (Å²) in [6.45, 7) is 2.21. The SMILES string of the molecule is CCOc1n[nH]c(NC(=O)c2c[nH]c(=O)cn2)n1. The lowest BCUT2D eigenvalue weighted by Crippen LogP contribution is -2.17. The highest BCUT2D eigenvalue weighted by Crippen LogP contribution is 2.06. The van der Waals surface area contributed by atoms with Crippen molar-refractivity contribution >= 4 is 11.9 Å². The second kappa shape index (κ2) is 5.08. The fraction of sp³-hybridized carbons (Fsp3) is 0.222. The molecule has 0 spiro atoms. The molecule has 0 aliphatic rings. The predicted molar refractivity (Wildman–Crippen MR) is 60.4 cm³/mol. The Balaban J connectivity index is 2.06. The number of hydrogen-bond donors (Lipinski definition) is 3. The molecular formula is C9H10N6O3. The lowest BCUT2D eigenvalue weighted by Gasteiger charge is -1.99. The molecule has 0 aromatic carbocycles. The molecule has 0 radical (unpaired) electrons. The average molecular weight is 250 g/mol. The van der Waals surface area contributed by atoms with Gasteiger partial charge in [-0.15, -0.1) is 5.10 Å². The molecule has 9 nitrogen and oxygen atoms in total. The Kier molecular flexibility index (Phi) is 3.32. The molecule has 2 aromatic rings. The third-order valence-corrected chi connectivity index (χ3v) is 1.87. The lowest BCUT2D eigenvalue weighted by molar-refractivity contribution is 0.102. The highest BCUT2D eigenvalue weighted by molar-refractivity contribution is 6.01. The first-order valence-electron chi connectivity index (χ1n) is 5.10. The first kappa shape index (κ1) is 11.8. The van der Waals surface area contributed by atoms with Gasteiger partial charge < -0.3 is 9.72 Å². The fourth-order valence-electron chi connectivity index (χ4n) is 1.13. The summed E-state index contributed by atoms with van der Waals surface area (Å²) in [7, 11) is 0. The van der Waals surface area contributed by atoms with Crippen molar-refractivity contribution in [2.24, 2.45) is 0 Å². The van der Waals surface area contributed by atoms with E-state index in [1.807, 2.05) is 0 Å². The molecule has 1 amide bonds. The van der Waals surface area contributed by atoms with Crippen LogP contribution in [0.5, 0.6) is 6.01 Å². The van der Waals surface area contributed by atoms with Crippen LogP contribution in [0.3, 0.4) is 0 Å². The van der Waals surface area contributed by atoms with E-state index in [4.69, 9.17) is 4.74 Å². The van der Waals surface area contributed by atoms with Crippen LogP contribution in [0.2, 0.25) is 0 Å². The second-order valence-corrected chi connectivity index (χ2v) is 3.15. The van der Waals surface area contributed by atoms with Gasteiger partial charge in [0.1, 0.15) is 5.69 Å². The maximum Gasteiger partial charge on any atom is 0.337 e. The third kappa shape index (κ3) is 2.70. The van der Waals surface area contributed by atoms with Gasteiger partial charge in [-0.2, -0.15) is 4.98 Å². The van der Waals surface area contributed by atoms with Gasteiger partial charge in [-0.3, -0.25) is 14.9 Å². The number of H-pyrrole nitrogens is 2. The van der Waals surface area contributed by atoms with E-state index in [0.29, 0.717) is 6.61 Å². The van der Waals surface area contributed by atoms with E-state index >= 15 is 0 Å². The number of carbonyl (C=O) groups is 1. The highest BCUT2D eigenvalue weighted by atomic mass is 16.5. The molecule has 0 bridgehead atoms. The van der Waals surface area contributed by atoms with Crippen molar-refractivity contribution in [1.29, 1.82) is 0 Å². The molecule has 0 saturated heterocycles. The number of rotatable bonds is 4. The van der Waals surface area contributed by atoms with Crippen LogP contribution >= 0.6 is 0 Å². The van der Waals surface area contributed by atoms with Gasteiger partial charge in [0.25, 0.3) is 11.5 Å². The first-order valence-corrected chi connectivity index (χ1v) is 5.10. The van der Waals surface area contributed by atoms with Crippen molar-refractivity contribution in [2.45, 2.75) is 6.92 Å². The fourth-order valence-corrected chi connectivity index (χ4v) is 1.13. The smallest absolute Gasteiger partial charge is 0.337 e. The number of carbonyl (C=O) groups excluding carboxylic acids is 1. The van der Waals surface area contributed by atoms with Crippen molar-refractivity contribution in [3.63, 3.8) is 0 Å². The largest absolute Gasteiger partial charge is 0.463 e. The number of amides is 1. The van der Waals surface area contributed by atoms with Crippen LogP contribution in [0, 0.1) is 0 Å². The minimum Gasteiger partial charge on any atom is -0.463 e. The summed E-state index contributed by atoms with van der Waals surface area (Å²) in [6.07, 6.45) is 2.22. The van der Waals surface area contributed by atoms with Gasteiger partial charge in [0.2, 0.25) is 5.95 Å². The Morgan fingerprint density at radius 1 is 1.56 bits per heavy atom. The topological polar surface area (TPSA) is 126 Å². The van der Waals surface area contributed by atoms with E-state index in [2.05, 4.69) is 30.5 Å². The zero-order valence-electron chi connectivity index (χ0n) is 9.43. The molecular weight excluding hydrogens is 240 g/mol. The van der Waals surface area contributed by atoms with Crippen LogP contribution in [-0.4, -0.2) is 37.7 Å². The minimum atomic E-state index is -0.523. The molecule has 0 unspecified atom stereocenters. The van der Waals surface area contributed by atoms with Crippen LogP contribution in [0.15, 0.2) is 17.2 Å². The predicted octanol–water partition coefficient (Wildman–Crippen LogP) is -0.461. The Labute approximate surface area is 101 Å². The molecule has 2 heterocycles. The number of ether oxygens (including phenoxy) is 1. The first-order chi connectivity index (χ1) is 8.69. The van der Waals surface area contributed by atoms with Gasteiger partial charge in [-0.1, -0.05) is 0 Å². The van der Waals surface area contributed by atoms with Gasteiger partial charge in [0, 0.05) is 6.20 Å². The van der Waals surface area contributed by atoms with E-state index < -0.39 is 5.91 Å². The number of aromatic amines is 2. The maximum absolute atomic E-state index is 11.7. The summed E-state index contributed by atoms with van der Waals surface area (Å²) in [4.78, 5) is 32.3. The van der Waals surface area contributed by atoms with Crippen molar-refractivity contribution in [1.82, 2.24) is 25.1 Å². The van der Waals surface area contributed by atoms with Crippen LogP contribution in [0.4, 0.5) is 5.95 Å². The Morgan fingerprint density at radius 3 is 3.06 bits per heavy atom. The standard InChI is InChI=1S/C9H10N6O3/c1-2-18-9-13-8(14-15-9)12-7(17)5-3-11-6(16)4-10-5/h3-4H,2H2,1H3,(H,11,16)(H2,12,13,14,15,17). The third-order valence-electron chi connectivity index (χ3n) is 1.87. The van der Waals surface area contributed by atoms with E-state index in [-0.39, 0.29) is 23.2 Å². The van der Waals surface area contributed by atoms with Gasteiger partial charge in [0.05, 0.1) is 12.8 Å². The summed E-state index contributed by atoms with van der Waals surface area (Å²) in [5.74, 6) is -0.387. The van der Waals surface area contributed by atoms with Crippen LogP contribution in [0.25, 0.3) is 0 Å². The van der Waals surface area contributed by atoms with Crippen LogP contribution < -0.4 is 15.6 Å². The average Bonchev–Trinajstić information content (AvgIpc) is 2.78. The Hall–Kier alpha value is -2.71. The van der Waals surface area contributed by atoms with E-state index in [1.165, 1.54) is 6.20 Å². The summed E-state index contributed by atoms with van der Waals surface area (Å²) >= 11 is 0. The molecule has 2 aromatic heterocycles. The molecule has 0 fully saturated rings. The number of hydrogen-bond acceptors (Lipinski definition) is 6. The molecule has 3 N–H and O–H groups in total. The molecule has 0 aliphatic carbocycles. The summed E-state index contributed by atoms with van der Waals surface area (Å²) in [6, 6.07) is 0.141. The zero-order chi connectivity index (χ0) is 13.0. The van der Waals surface area contributed by atoms with Crippen LogP contribution in [-0.2, 0) is 0 Å². The molecule has 0 aliphatic heterocycles. The molecule has 94 valence electrons. The number of nitrogens with zero attached hydrogens (tertiary/aromatic N) is 3. The molecule has 2 rings (SSSR count). The van der Waals surface area contributed by atoms with Gasteiger partial charge in [-0.05, 0) is 6.92 Å². The summed E-state index contributed by atoms with van der Waals surface area (Å²) in [5, 5.41) is 8.62. The van der Waals surface area contributed by atoms with Crippen molar-refractivity contribution < 1.29 is 9.53 Å². The summed E-state index contributed by atoms with van der Waals surface area (Å²) in [5.41, 5.74) is -0.325. The monoisotopic (exact) mass is 250 g/mol. The normalized spacial score (nSPS) is 10.1. The molecule has 9 heteroatoms. The Morgan fingerprint density at radius 2 is 2.39 bits per heavy atom. The van der Waals surface area contributed by atoms with Crippen molar-refractivity contribution in [3.8, 4) is 6.01 Å². The maximum atomic E-state index is 11.7. The zero-order valence-corrected chi connectivity index (χ0v) is 9.43. The number of anilines is 1.